The molecule has 0 aromatic rings. The summed E-state index contributed by atoms with van der Waals surface area (Å²) in [6.45, 7) is 8.29. The first-order chi connectivity index (χ1) is 6.13. The Labute approximate surface area is 82.9 Å². The molecule has 0 aliphatic heterocycles. The Kier molecular flexibility index (Phi) is 7.31. The predicted molar refractivity (Wildman–Crippen MR) is 57.7 cm³/mol. The maximum absolute atomic E-state index is 13.7. The van der Waals surface area contributed by atoms with E-state index in [1.807, 2.05) is 13.8 Å². The van der Waals surface area contributed by atoms with Gasteiger partial charge in [0.25, 0.3) is 0 Å². The molecule has 2 atom stereocenters. The zero-order valence-electron chi connectivity index (χ0n) is 9.65. The third-order valence-corrected chi connectivity index (χ3v) is 2.68. The zero-order chi connectivity index (χ0) is 10.3. The maximum atomic E-state index is 13.7. The molecule has 0 aliphatic carbocycles. The van der Waals surface area contributed by atoms with Crippen LogP contribution in [0, 0.1) is 11.8 Å². The molecule has 0 aromatic carbocycles. The fraction of sp³-hybridized carbons (Fsp3) is 1.00. The highest BCUT2D eigenvalue weighted by atomic mass is 19.1. The van der Waals surface area contributed by atoms with Gasteiger partial charge in [-0.3, -0.25) is 0 Å². The minimum Gasteiger partial charge on any atom is -0.247 e. The zero-order valence-corrected chi connectivity index (χ0v) is 9.65. The summed E-state index contributed by atoms with van der Waals surface area (Å²) in [6, 6.07) is 0. The molecule has 0 rings (SSSR count). The fourth-order valence-corrected chi connectivity index (χ4v) is 1.84. The van der Waals surface area contributed by atoms with Gasteiger partial charge >= 0.3 is 0 Å². The molecule has 0 bridgehead atoms. The summed E-state index contributed by atoms with van der Waals surface area (Å²) in [5.74, 6) is 0.498. The average molecular weight is 188 g/mol. The molecular weight excluding hydrogens is 163 g/mol. The Balaban J connectivity index is 3.90. The van der Waals surface area contributed by atoms with Crippen LogP contribution in [0.2, 0.25) is 0 Å². The molecule has 0 aromatic heterocycles. The van der Waals surface area contributed by atoms with Crippen LogP contribution in [0.4, 0.5) is 4.39 Å². The summed E-state index contributed by atoms with van der Waals surface area (Å²) >= 11 is 0. The lowest BCUT2D eigenvalue weighted by Crippen LogP contribution is -2.21. The van der Waals surface area contributed by atoms with Crippen molar-refractivity contribution in [3.05, 3.63) is 0 Å². The first-order valence-electron chi connectivity index (χ1n) is 5.77. The second-order valence-electron chi connectivity index (χ2n) is 4.38. The number of alkyl halides is 1. The topological polar surface area (TPSA) is 0 Å². The van der Waals surface area contributed by atoms with Crippen LogP contribution in [0.5, 0.6) is 0 Å². The molecule has 0 nitrogen and oxygen atoms in total. The second-order valence-corrected chi connectivity index (χ2v) is 4.38. The van der Waals surface area contributed by atoms with Crippen molar-refractivity contribution in [3.8, 4) is 0 Å². The maximum Gasteiger partial charge on any atom is 0.105 e. The van der Waals surface area contributed by atoms with E-state index in [-0.39, 0.29) is 5.92 Å². The van der Waals surface area contributed by atoms with Crippen LogP contribution in [-0.4, -0.2) is 6.17 Å². The van der Waals surface area contributed by atoms with E-state index in [1.54, 1.807) is 0 Å². The first kappa shape index (κ1) is 12.9. The van der Waals surface area contributed by atoms with Gasteiger partial charge in [-0.1, -0.05) is 47.0 Å². The lowest BCUT2D eigenvalue weighted by molar-refractivity contribution is 0.150. The van der Waals surface area contributed by atoms with Crippen molar-refractivity contribution < 1.29 is 4.39 Å². The minimum atomic E-state index is -0.591. The van der Waals surface area contributed by atoms with Gasteiger partial charge < -0.3 is 0 Å². The Hall–Kier alpha value is -0.0700. The fourth-order valence-electron chi connectivity index (χ4n) is 1.84. The third-order valence-electron chi connectivity index (χ3n) is 2.68. The lowest BCUT2D eigenvalue weighted by atomic mass is 9.87. The number of rotatable bonds is 7. The molecule has 0 aliphatic rings. The standard InChI is InChI=1S/C12H25F/c1-5-7-9-11(8-6-2)12(13)10(3)4/h10-12H,5-9H2,1-4H3. The highest BCUT2D eigenvalue weighted by Gasteiger charge is 2.22. The van der Waals surface area contributed by atoms with Crippen LogP contribution in [-0.2, 0) is 0 Å². The van der Waals surface area contributed by atoms with Gasteiger partial charge in [0.1, 0.15) is 6.17 Å². The van der Waals surface area contributed by atoms with Gasteiger partial charge in [-0.2, -0.15) is 0 Å². The van der Waals surface area contributed by atoms with Crippen LogP contribution >= 0.6 is 0 Å². The summed E-state index contributed by atoms with van der Waals surface area (Å²) in [4.78, 5) is 0. The van der Waals surface area contributed by atoms with Crippen LogP contribution in [0.3, 0.4) is 0 Å². The lowest BCUT2D eigenvalue weighted by Gasteiger charge is -2.23. The Morgan fingerprint density at radius 1 is 1.00 bits per heavy atom. The van der Waals surface area contributed by atoms with Crippen molar-refractivity contribution in [2.45, 2.75) is 66.0 Å². The summed E-state index contributed by atoms with van der Waals surface area (Å²) in [6.07, 6.45) is 5.01. The predicted octanol–water partition coefficient (Wildman–Crippen LogP) is 4.59. The van der Waals surface area contributed by atoms with E-state index < -0.39 is 6.17 Å². The van der Waals surface area contributed by atoms with Crippen LogP contribution < -0.4 is 0 Å². The van der Waals surface area contributed by atoms with E-state index in [1.165, 1.54) is 12.8 Å². The van der Waals surface area contributed by atoms with Crippen molar-refractivity contribution in [3.63, 3.8) is 0 Å². The molecule has 0 fully saturated rings. The largest absolute Gasteiger partial charge is 0.247 e. The van der Waals surface area contributed by atoms with E-state index in [0.717, 1.165) is 19.3 Å². The third kappa shape index (κ3) is 5.28. The van der Waals surface area contributed by atoms with Crippen LogP contribution in [0.15, 0.2) is 0 Å². The Bertz CT molecular complexity index is 110. The van der Waals surface area contributed by atoms with Crippen molar-refractivity contribution in [1.82, 2.24) is 0 Å². The first-order valence-corrected chi connectivity index (χ1v) is 5.77. The second kappa shape index (κ2) is 7.34. The molecule has 0 spiro atoms. The van der Waals surface area contributed by atoms with Gasteiger partial charge in [-0.25, -0.2) is 4.39 Å². The van der Waals surface area contributed by atoms with E-state index >= 15 is 0 Å². The van der Waals surface area contributed by atoms with E-state index in [4.69, 9.17) is 0 Å². The highest BCUT2D eigenvalue weighted by molar-refractivity contribution is 4.71. The normalized spacial score (nSPS) is 16.2. The molecule has 2 unspecified atom stereocenters. The number of hydrogen-bond acceptors (Lipinski definition) is 0. The van der Waals surface area contributed by atoms with Crippen LogP contribution in [0.25, 0.3) is 0 Å². The quantitative estimate of drug-likeness (QED) is 0.548. The number of halogens is 1. The van der Waals surface area contributed by atoms with E-state index in [0.29, 0.717) is 5.92 Å². The van der Waals surface area contributed by atoms with Gasteiger partial charge in [-0.15, -0.1) is 0 Å². The molecule has 0 heterocycles. The average Bonchev–Trinajstić information content (AvgIpc) is 2.11. The summed E-state index contributed by atoms with van der Waals surface area (Å²) < 4.78 is 13.7. The molecule has 80 valence electrons. The van der Waals surface area contributed by atoms with E-state index in [2.05, 4.69) is 13.8 Å². The SMILES string of the molecule is CCCCC(CCC)C(F)C(C)C. The molecule has 0 saturated carbocycles. The van der Waals surface area contributed by atoms with E-state index in [9.17, 15) is 4.39 Å². The molecule has 13 heavy (non-hydrogen) atoms. The summed E-state index contributed by atoms with van der Waals surface area (Å²) in [5.41, 5.74) is 0. The smallest absolute Gasteiger partial charge is 0.105 e. The van der Waals surface area contributed by atoms with Gasteiger partial charge in [0, 0.05) is 0 Å². The molecule has 0 amide bonds. The molecule has 0 radical (unpaired) electrons. The summed E-state index contributed by atoms with van der Waals surface area (Å²) in [7, 11) is 0. The van der Waals surface area contributed by atoms with Gasteiger partial charge in [0.05, 0.1) is 0 Å². The van der Waals surface area contributed by atoms with Gasteiger partial charge in [0.15, 0.2) is 0 Å². The number of unbranched alkanes of at least 4 members (excludes halogenated alkanes) is 1. The van der Waals surface area contributed by atoms with Gasteiger partial charge in [0.2, 0.25) is 0 Å². The number of hydrogen-bond donors (Lipinski definition) is 0. The van der Waals surface area contributed by atoms with Crippen molar-refractivity contribution >= 4 is 0 Å². The molecule has 0 N–H and O–H groups in total. The molecule has 0 saturated heterocycles. The summed E-state index contributed by atoms with van der Waals surface area (Å²) in [5, 5.41) is 0. The van der Waals surface area contributed by atoms with Crippen molar-refractivity contribution in [2.24, 2.45) is 11.8 Å². The molecular formula is C12H25F. The monoisotopic (exact) mass is 188 g/mol. The van der Waals surface area contributed by atoms with Crippen molar-refractivity contribution in [1.29, 1.82) is 0 Å². The molecule has 1 heteroatoms. The van der Waals surface area contributed by atoms with Crippen LogP contribution in [0.1, 0.15) is 59.8 Å². The minimum absolute atomic E-state index is 0.188. The van der Waals surface area contributed by atoms with Crippen molar-refractivity contribution in [2.75, 3.05) is 0 Å². The highest BCUT2D eigenvalue weighted by Crippen LogP contribution is 2.26. The Morgan fingerprint density at radius 2 is 1.62 bits per heavy atom. The van der Waals surface area contributed by atoms with Gasteiger partial charge in [-0.05, 0) is 24.7 Å². The Morgan fingerprint density at radius 3 is 2.00 bits per heavy atom.